The average molecular weight is 328 g/mol. The normalized spacial score (nSPS) is 14.6. The molecule has 0 aliphatic rings. The maximum absolute atomic E-state index is 10.2. The molecule has 0 spiro atoms. The highest BCUT2D eigenvalue weighted by Gasteiger charge is 2.17. The molecule has 2 atom stereocenters. The second-order valence-corrected chi connectivity index (χ2v) is 5.98. The van der Waals surface area contributed by atoms with Gasteiger partial charge < -0.3 is 10.4 Å². The minimum absolute atomic E-state index is 0.250. The summed E-state index contributed by atoms with van der Waals surface area (Å²) >= 11 is 3.46. The summed E-state index contributed by atoms with van der Waals surface area (Å²) in [5.74, 6) is 0.398. The molecular formula is C16H26BrNO. The lowest BCUT2D eigenvalue weighted by molar-refractivity contribution is 0.0981. The van der Waals surface area contributed by atoms with Crippen LogP contribution in [0.25, 0.3) is 0 Å². The van der Waals surface area contributed by atoms with Gasteiger partial charge in [-0.25, -0.2) is 0 Å². The molecule has 3 heteroatoms. The summed E-state index contributed by atoms with van der Waals surface area (Å²) in [4.78, 5) is 0. The van der Waals surface area contributed by atoms with E-state index in [0.29, 0.717) is 18.5 Å². The average Bonchev–Trinajstić information content (AvgIpc) is 2.42. The Hall–Kier alpha value is -0.380. The summed E-state index contributed by atoms with van der Waals surface area (Å²) in [6.07, 6.45) is 2.85. The van der Waals surface area contributed by atoms with Crippen LogP contribution in [0.5, 0.6) is 0 Å². The van der Waals surface area contributed by atoms with Crippen LogP contribution < -0.4 is 5.32 Å². The molecule has 0 fully saturated rings. The summed E-state index contributed by atoms with van der Waals surface area (Å²) in [6.45, 7) is 7.12. The van der Waals surface area contributed by atoms with E-state index in [1.807, 2.05) is 0 Å². The quantitative estimate of drug-likeness (QED) is 0.746. The van der Waals surface area contributed by atoms with Gasteiger partial charge in [-0.15, -0.1) is 0 Å². The van der Waals surface area contributed by atoms with Gasteiger partial charge in [0, 0.05) is 17.1 Å². The standard InChI is InChI=1S/C16H26BrNO/c1-4-12(5-2)16(19)11-18-15(6-3)13-7-9-14(17)10-8-13/h7-10,12,15-16,18-19H,4-6,11H2,1-3H3. The summed E-state index contributed by atoms with van der Waals surface area (Å²) < 4.78 is 1.10. The molecular weight excluding hydrogens is 302 g/mol. The minimum atomic E-state index is -0.250. The predicted octanol–water partition coefficient (Wildman–Crippen LogP) is 4.29. The van der Waals surface area contributed by atoms with Crippen LogP contribution in [0.4, 0.5) is 0 Å². The van der Waals surface area contributed by atoms with Crippen molar-refractivity contribution >= 4 is 15.9 Å². The van der Waals surface area contributed by atoms with Gasteiger partial charge in [0.1, 0.15) is 0 Å². The number of nitrogens with one attached hydrogen (secondary N) is 1. The third-order valence-electron chi connectivity index (χ3n) is 3.85. The first kappa shape index (κ1) is 16.7. The van der Waals surface area contributed by atoms with Crippen LogP contribution in [0.2, 0.25) is 0 Å². The summed E-state index contributed by atoms with van der Waals surface area (Å²) in [7, 11) is 0. The van der Waals surface area contributed by atoms with Crippen molar-refractivity contribution in [1.29, 1.82) is 0 Å². The van der Waals surface area contributed by atoms with Crippen molar-refractivity contribution in [2.24, 2.45) is 5.92 Å². The molecule has 19 heavy (non-hydrogen) atoms. The molecule has 1 aromatic carbocycles. The number of aliphatic hydroxyl groups is 1. The predicted molar refractivity (Wildman–Crippen MR) is 85.3 cm³/mol. The first-order chi connectivity index (χ1) is 9.12. The number of hydrogen-bond acceptors (Lipinski definition) is 2. The van der Waals surface area contributed by atoms with Gasteiger partial charge in [-0.2, -0.15) is 0 Å². The Balaban J connectivity index is 2.55. The second-order valence-electron chi connectivity index (χ2n) is 5.06. The van der Waals surface area contributed by atoms with Gasteiger partial charge in [0.05, 0.1) is 6.10 Å². The molecule has 0 bridgehead atoms. The SMILES string of the molecule is CCC(NCC(O)C(CC)CC)c1ccc(Br)cc1. The molecule has 2 N–H and O–H groups in total. The maximum atomic E-state index is 10.2. The second kappa shape index (κ2) is 8.72. The number of benzene rings is 1. The lowest BCUT2D eigenvalue weighted by atomic mass is 9.96. The highest BCUT2D eigenvalue weighted by Crippen LogP contribution is 2.20. The summed E-state index contributed by atoms with van der Waals surface area (Å²) in [6, 6.07) is 8.72. The van der Waals surface area contributed by atoms with E-state index in [-0.39, 0.29) is 6.10 Å². The third-order valence-corrected chi connectivity index (χ3v) is 4.38. The first-order valence-corrected chi connectivity index (χ1v) is 8.08. The van der Waals surface area contributed by atoms with Crippen molar-refractivity contribution in [2.75, 3.05) is 6.54 Å². The summed E-state index contributed by atoms with van der Waals surface area (Å²) in [5.41, 5.74) is 1.28. The Labute approximate surface area is 125 Å². The Morgan fingerprint density at radius 1 is 1.05 bits per heavy atom. The van der Waals surface area contributed by atoms with E-state index in [9.17, 15) is 5.11 Å². The van der Waals surface area contributed by atoms with Gasteiger partial charge in [-0.1, -0.05) is 61.7 Å². The van der Waals surface area contributed by atoms with E-state index in [1.54, 1.807) is 0 Å². The van der Waals surface area contributed by atoms with Crippen LogP contribution in [0, 0.1) is 5.92 Å². The van der Waals surface area contributed by atoms with Crippen LogP contribution in [-0.2, 0) is 0 Å². The van der Waals surface area contributed by atoms with E-state index in [2.05, 4.69) is 66.3 Å². The highest BCUT2D eigenvalue weighted by molar-refractivity contribution is 9.10. The van der Waals surface area contributed by atoms with Gasteiger partial charge in [-0.05, 0) is 30.0 Å². The van der Waals surface area contributed by atoms with Gasteiger partial charge in [0.2, 0.25) is 0 Å². The smallest absolute Gasteiger partial charge is 0.0692 e. The molecule has 0 saturated heterocycles. The molecule has 2 nitrogen and oxygen atoms in total. The van der Waals surface area contributed by atoms with Gasteiger partial charge in [-0.3, -0.25) is 0 Å². The van der Waals surface area contributed by atoms with Gasteiger partial charge >= 0.3 is 0 Å². The lowest BCUT2D eigenvalue weighted by Crippen LogP contribution is -2.34. The fourth-order valence-electron chi connectivity index (χ4n) is 2.46. The fourth-order valence-corrected chi connectivity index (χ4v) is 2.72. The fraction of sp³-hybridized carbons (Fsp3) is 0.625. The number of rotatable bonds is 8. The monoisotopic (exact) mass is 327 g/mol. The topological polar surface area (TPSA) is 32.3 Å². The van der Waals surface area contributed by atoms with Crippen molar-refractivity contribution in [1.82, 2.24) is 5.32 Å². The zero-order valence-electron chi connectivity index (χ0n) is 12.2. The number of aliphatic hydroxyl groups excluding tert-OH is 1. The molecule has 2 unspecified atom stereocenters. The van der Waals surface area contributed by atoms with E-state index in [0.717, 1.165) is 23.7 Å². The summed E-state index contributed by atoms with van der Waals surface area (Å²) in [5, 5.41) is 13.7. The highest BCUT2D eigenvalue weighted by atomic mass is 79.9. The molecule has 0 aliphatic heterocycles. The van der Waals surface area contributed by atoms with Crippen molar-refractivity contribution in [3.63, 3.8) is 0 Å². The Kier molecular flexibility index (Phi) is 7.66. The van der Waals surface area contributed by atoms with Crippen molar-refractivity contribution < 1.29 is 5.11 Å². The van der Waals surface area contributed by atoms with Crippen molar-refractivity contribution in [3.05, 3.63) is 34.3 Å². The van der Waals surface area contributed by atoms with Crippen LogP contribution in [-0.4, -0.2) is 17.8 Å². The Bertz CT molecular complexity index is 348. The Morgan fingerprint density at radius 3 is 2.11 bits per heavy atom. The number of hydrogen-bond donors (Lipinski definition) is 2. The van der Waals surface area contributed by atoms with Crippen LogP contribution in [0.1, 0.15) is 51.6 Å². The van der Waals surface area contributed by atoms with E-state index in [4.69, 9.17) is 0 Å². The minimum Gasteiger partial charge on any atom is -0.392 e. The van der Waals surface area contributed by atoms with Gasteiger partial charge in [0.15, 0.2) is 0 Å². The molecule has 0 aromatic heterocycles. The largest absolute Gasteiger partial charge is 0.392 e. The number of halogens is 1. The molecule has 1 rings (SSSR count). The molecule has 0 radical (unpaired) electrons. The van der Waals surface area contributed by atoms with Crippen molar-refractivity contribution in [2.45, 2.75) is 52.2 Å². The molecule has 0 amide bonds. The molecule has 108 valence electrons. The first-order valence-electron chi connectivity index (χ1n) is 7.29. The maximum Gasteiger partial charge on any atom is 0.0692 e. The van der Waals surface area contributed by atoms with Crippen LogP contribution >= 0.6 is 15.9 Å². The third kappa shape index (κ3) is 5.25. The molecule has 0 saturated carbocycles. The van der Waals surface area contributed by atoms with E-state index < -0.39 is 0 Å². The van der Waals surface area contributed by atoms with E-state index in [1.165, 1.54) is 5.56 Å². The van der Waals surface area contributed by atoms with E-state index >= 15 is 0 Å². The zero-order chi connectivity index (χ0) is 14.3. The van der Waals surface area contributed by atoms with Crippen LogP contribution in [0.3, 0.4) is 0 Å². The molecule has 0 heterocycles. The zero-order valence-corrected chi connectivity index (χ0v) is 13.8. The Morgan fingerprint density at radius 2 is 1.63 bits per heavy atom. The molecule has 0 aliphatic carbocycles. The van der Waals surface area contributed by atoms with Crippen LogP contribution in [0.15, 0.2) is 28.7 Å². The lowest BCUT2D eigenvalue weighted by Gasteiger charge is -2.24. The van der Waals surface area contributed by atoms with Crippen molar-refractivity contribution in [3.8, 4) is 0 Å². The van der Waals surface area contributed by atoms with Gasteiger partial charge in [0.25, 0.3) is 0 Å². The molecule has 1 aromatic rings.